The van der Waals surface area contributed by atoms with Crippen LogP contribution in [0.2, 0.25) is 0 Å². The Morgan fingerprint density at radius 3 is 2.38 bits per heavy atom. The summed E-state index contributed by atoms with van der Waals surface area (Å²) >= 11 is 0. The number of halogens is 2. The summed E-state index contributed by atoms with van der Waals surface area (Å²) in [4.78, 5) is 40.1. The number of nitrogens with zero attached hydrogens (tertiary/aromatic N) is 7. The van der Waals surface area contributed by atoms with E-state index in [1.165, 1.54) is 29.9 Å². The second-order valence-corrected chi connectivity index (χ2v) is 10.8. The Morgan fingerprint density at radius 1 is 1.02 bits per heavy atom. The van der Waals surface area contributed by atoms with Crippen molar-refractivity contribution in [3.63, 3.8) is 0 Å². The summed E-state index contributed by atoms with van der Waals surface area (Å²) in [7, 11) is 0. The molecule has 0 radical (unpaired) electrons. The zero-order valence-electron chi connectivity index (χ0n) is 22.5. The Hall–Kier alpha value is -5.07. The van der Waals surface area contributed by atoms with Crippen molar-refractivity contribution in [3.8, 4) is 22.4 Å². The van der Waals surface area contributed by atoms with E-state index < -0.39 is 11.6 Å². The van der Waals surface area contributed by atoms with Gasteiger partial charge in [-0.05, 0) is 50.8 Å². The summed E-state index contributed by atoms with van der Waals surface area (Å²) in [6, 6.07) is 6.63. The predicted octanol–water partition coefficient (Wildman–Crippen LogP) is 4.19. The Kier molecular flexibility index (Phi) is 6.03. The molecule has 2 saturated heterocycles. The monoisotopic (exact) mass is 569 g/mol. The second kappa shape index (κ2) is 9.79. The summed E-state index contributed by atoms with van der Waals surface area (Å²) in [5.41, 5.74) is 9.97. The molecule has 0 unspecified atom stereocenters. The normalized spacial score (nSPS) is 19.9. The highest BCUT2D eigenvalue weighted by atomic mass is 19.1. The lowest BCUT2D eigenvalue weighted by atomic mass is 9.85. The summed E-state index contributed by atoms with van der Waals surface area (Å²) in [5, 5.41) is 12.0. The molecule has 4 aromatic heterocycles. The Balaban J connectivity index is 1.25. The number of nitrogens with two attached hydrogens (primary N) is 1. The topological polar surface area (TPSA) is 148 Å². The third-order valence-electron chi connectivity index (χ3n) is 8.27. The molecule has 2 aliphatic heterocycles. The van der Waals surface area contributed by atoms with Crippen LogP contribution in [0.15, 0.2) is 49.1 Å². The maximum Gasteiger partial charge on any atom is 0.292 e. The van der Waals surface area contributed by atoms with Gasteiger partial charge in [-0.25, -0.2) is 13.8 Å². The van der Waals surface area contributed by atoms with Crippen molar-refractivity contribution < 1.29 is 18.4 Å². The highest BCUT2D eigenvalue weighted by Gasteiger charge is 2.45. The minimum absolute atomic E-state index is 0.0285. The summed E-state index contributed by atoms with van der Waals surface area (Å²) in [6.07, 6.45) is 7.52. The standard InChI is InChI=1S/C29H25F2N9O2/c1-14(41)24-25(17-8-20-3-4-21(9-17)39(20)29(42)27-34-13-35-38-27)37-28-22(12-36-40(28)26(24)32)15-2-5-23(33-11-15)16-6-18(30)10-19(31)7-16/h2,5-7,10-13,17,20-21H,3-4,8-9,32H2,1H3,(H,34,35,38)/t17-,20-,21+. The first-order chi connectivity index (χ1) is 20.3. The molecular weight excluding hydrogens is 544 g/mol. The number of rotatable bonds is 5. The van der Waals surface area contributed by atoms with E-state index in [1.54, 1.807) is 24.5 Å². The van der Waals surface area contributed by atoms with Crippen LogP contribution in [0.5, 0.6) is 0 Å². The molecule has 5 aromatic rings. The van der Waals surface area contributed by atoms with Crippen molar-refractivity contribution in [1.82, 2.24) is 39.7 Å². The van der Waals surface area contributed by atoms with E-state index in [9.17, 15) is 18.4 Å². The minimum Gasteiger partial charge on any atom is -0.383 e. The lowest BCUT2D eigenvalue weighted by Gasteiger charge is -2.38. The number of benzene rings is 1. The number of pyridine rings is 1. The predicted molar refractivity (Wildman–Crippen MR) is 147 cm³/mol. The van der Waals surface area contributed by atoms with Crippen molar-refractivity contribution in [2.75, 3.05) is 5.73 Å². The van der Waals surface area contributed by atoms with Gasteiger partial charge >= 0.3 is 0 Å². The lowest BCUT2D eigenvalue weighted by Crippen LogP contribution is -2.46. The first-order valence-electron chi connectivity index (χ1n) is 13.6. The van der Waals surface area contributed by atoms with E-state index in [1.807, 2.05) is 4.90 Å². The van der Waals surface area contributed by atoms with E-state index in [4.69, 9.17) is 10.7 Å². The number of amides is 1. The molecule has 2 bridgehead atoms. The number of carbonyl (C=O) groups is 2. The number of ketones is 1. The van der Waals surface area contributed by atoms with Crippen LogP contribution < -0.4 is 5.73 Å². The first kappa shape index (κ1) is 25.9. The van der Waals surface area contributed by atoms with Crippen molar-refractivity contribution in [2.45, 2.75) is 50.6 Å². The molecule has 3 N–H and O–H groups in total. The molecule has 42 heavy (non-hydrogen) atoms. The van der Waals surface area contributed by atoms with Gasteiger partial charge in [0, 0.05) is 47.0 Å². The maximum atomic E-state index is 13.7. The Labute approximate surface area is 237 Å². The molecule has 1 aromatic carbocycles. The summed E-state index contributed by atoms with van der Waals surface area (Å²) in [5.74, 6) is -1.45. The molecule has 0 spiro atoms. The average molecular weight is 570 g/mol. The number of anilines is 1. The van der Waals surface area contributed by atoms with E-state index in [2.05, 4.69) is 25.3 Å². The van der Waals surface area contributed by atoms with E-state index in [0.29, 0.717) is 52.1 Å². The molecule has 3 atom stereocenters. The second-order valence-electron chi connectivity index (χ2n) is 10.8. The highest BCUT2D eigenvalue weighted by Crippen LogP contribution is 2.45. The molecule has 11 nitrogen and oxygen atoms in total. The number of hydrogen-bond acceptors (Lipinski definition) is 8. The van der Waals surface area contributed by atoms with Gasteiger partial charge in [0.2, 0.25) is 5.82 Å². The molecule has 6 heterocycles. The van der Waals surface area contributed by atoms with Crippen molar-refractivity contribution in [1.29, 1.82) is 0 Å². The van der Waals surface area contributed by atoms with Crippen LogP contribution >= 0.6 is 0 Å². The van der Waals surface area contributed by atoms with E-state index in [-0.39, 0.29) is 41.3 Å². The molecular formula is C29H25F2N9O2. The number of H-pyrrole nitrogens is 1. The number of piperidine rings is 1. The number of hydrogen-bond donors (Lipinski definition) is 2. The van der Waals surface area contributed by atoms with E-state index in [0.717, 1.165) is 18.9 Å². The smallest absolute Gasteiger partial charge is 0.292 e. The van der Waals surface area contributed by atoms with Gasteiger partial charge in [0.15, 0.2) is 11.4 Å². The number of aromatic amines is 1. The van der Waals surface area contributed by atoms with Gasteiger partial charge < -0.3 is 15.6 Å². The van der Waals surface area contributed by atoms with Gasteiger partial charge in [0.25, 0.3) is 5.91 Å². The zero-order chi connectivity index (χ0) is 29.1. The number of aromatic nitrogens is 7. The minimum atomic E-state index is -0.686. The quantitative estimate of drug-likeness (QED) is 0.300. The van der Waals surface area contributed by atoms with Gasteiger partial charge in [0.1, 0.15) is 23.8 Å². The van der Waals surface area contributed by atoms with Gasteiger partial charge in [-0.15, -0.1) is 10.2 Å². The number of Topliss-reactive ketones (excluding diaryl/α,β-unsaturated/α-hetero) is 1. The van der Waals surface area contributed by atoms with Crippen LogP contribution in [0, 0.1) is 11.6 Å². The largest absolute Gasteiger partial charge is 0.383 e. The molecule has 2 fully saturated rings. The van der Waals surface area contributed by atoms with Crippen molar-refractivity contribution in [2.24, 2.45) is 0 Å². The Morgan fingerprint density at radius 2 is 1.76 bits per heavy atom. The summed E-state index contributed by atoms with van der Waals surface area (Å²) in [6.45, 7) is 1.46. The number of nitrogen functional groups attached to an aromatic ring is 1. The molecule has 7 rings (SSSR count). The van der Waals surface area contributed by atoms with E-state index >= 15 is 0 Å². The fraction of sp³-hybridized carbons (Fsp3) is 0.276. The zero-order valence-corrected chi connectivity index (χ0v) is 22.5. The molecule has 2 aliphatic rings. The van der Waals surface area contributed by atoms with Crippen molar-refractivity contribution >= 4 is 23.2 Å². The lowest BCUT2D eigenvalue weighted by molar-refractivity contribution is 0.0556. The number of fused-ring (bicyclic) bond motifs is 3. The Bertz CT molecular complexity index is 1820. The van der Waals surface area contributed by atoms with Gasteiger partial charge in [-0.3, -0.25) is 14.6 Å². The molecule has 13 heteroatoms. The van der Waals surface area contributed by atoms with Crippen LogP contribution in [-0.4, -0.2) is 63.4 Å². The third kappa shape index (κ3) is 4.19. The first-order valence-corrected chi connectivity index (χ1v) is 13.6. The third-order valence-corrected chi connectivity index (χ3v) is 8.27. The number of carbonyl (C=O) groups excluding carboxylic acids is 2. The molecule has 0 aliphatic carbocycles. The van der Waals surface area contributed by atoms with Crippen LogP contribution in [0.3, 0.4) is 0 Å². The molecule has 212 valence electrons. The SMILES string of the molecule is CC(=O)c1c([C@@H]2C[C@H]3CC[C@@H](C2)N3C(=O)c2nnc[nH]2)nc2c(-c3ccc(-c4cc(F)cc(F)c4)nc3)cnn2c1N. The molecule has 1 amide bonds. The average Bonchev–Trinajstić information content (AvgIpc) is 3.70. The molecule has 0 saturated carbocycles. The fourth-order valence-electron chi connectivity index (χ4n) is 6.48. The van der Waals surface area contributed by atoms with Crippen LogP contribution in [0.25, 0.3) is 28.0 Å². The maximum absolute atomic E-state index is 13.7. The number of nitrogens with one attached hydrogen (secondary N) is 1. The summed E-state index contributed by atoms with van der Waals surface area (Å²) < 4.78 is 28.9. The van der Waals surface area contributed by atoms with Crippen LogP contribution in [0.1, 0.15) is 65.2 Å². The fourth-order valence-corrected chi connectivity index (χ4v) is 6.48. The van der Waals surface area contributed by atoms with Crippen LogP contribution in [-0.2, 0) is 0 Å². The van der Waals surface area contributed by atoms with Gasteiger partial charge in [-0.1, -0.05) is 6.07 Å². The highest BCUT2D eigenvalue weighted by molar-refractivity contribution is 6.00. The van der Waals surface area contributed by atoms with Gasteiger partial charge in [-0.2, -0.15) is 9.61 Å². The van der Waals surface area contributed by atoms with Crippen LogP contribution in [0.4, 0.5) is 14.6 Å². The van der Waals surface area contributed by atoms with Crippen molar-refractivity contribution in [3.05, 3.63) is 77.8 Å². The van der Waals surface area contributed by atoms with Gasteiger partial charge in [0.05, 0.1) is 23.1 Å².